The van der Waals surface area contributed by atoms with E-state index >= 15 is 0 Å². The van der Waals surface area contributed by atoms with Crippen molar-refractivity contribution in [3.63, 3.8) is 0 Å². The normalized spacial score (nSPS) is 13.4. The van der Waals surface area contributed by atoms with Crippen LogP contribution in [0.25, 0.3) is 58.9 Å². The molecule has 0 aliphatic carbocycles. The highest BCUT2D eigenvalue weighted by Crippen LogP contribution is 2.47. The molecule has 11 rings (SSSR count). The van der Waals surface area contributed by atoms with E-state index in [4.69, 9.17) is 9.72 Å². The number of nitrogens with zero attached hydrogens (tertiary/aromatic N) is 4. The van der Waals surface area contributed by atoms with Gasteiger partial charge in [0.25, 0.3) is 0 Å². The Morgan fingerprint density at radius 1 is 0.455 bits per heavy atom. The van der Waals surface area contributed by atoms with Gasteiger partial charge in [-0.2, -0.15) is 0 Å². The molecule has 0 atom stereocenters. The van der Waals surface area contributed by atoms with Crippen LogP contribution in [0, 0.1) is 0 Å². The lowest BCUT2D eigenvalue weighted by molar-refractivity contribution is 0.483. The van der Waals surface area contributed by atoms with E-state index in [1.807, 2.05) is 17.5 Å². The molecule has 0 spiro atoms. The summed E-state index contributed by atoms with van der Waals surface area (Å²) in [5, 5.41) is 4.95. The van der Waals surface area contributed by atoms with Gasteiger partial charge in [0.05, 0.1) is 22.4 Å². The van der Waals surface area contributed by atoms with Crippen LogP contribution in [-0.4, -0.2) is 16.2 Å². The van der Waals surface area contributed by atoms with Crippen molar-refractivity contribution in [1.82, 2.24) is 9.55 Å². The summed E-state index contributed by atoms with van der Waals surface area (Å²) in [5.74, 6) is 2.44. The van der Waals surface area contributed by atoms with E-state index in [1.54, 1.807) is 0 Å². The molecule has 66 heavy (non-hydrogen) atoms. The zero-order valence-electron chi connectivity index (χ0n) is 39.4. The fraction of sp³-hybridized carbons (Fsp3) is 0.217. The number of rotatable bonds is 6. The second-order valence-electron chi connectivity index (χ2n) is 21.1. The molecular formula is C60H56N4OS. The fourth-order valence-corrected chi connectivity index (χ4v) is 10.7. The first-order valence-corrected chi connectivity index (χ1v) is 23.9. The Hall–Kier alpha value is -6.89. The number of ether oxygens (including phenoxy) is 1. The van der Waals surface area contributed by atoms with Gasteiger partial charge in [-0.1, -0.05) is 123 Å². The standard InChI is InChI=1S/C60H56N4OS/c1-58(2,3)40-27-28-61-57(34-40)64-51-26-22-38(39-21-24-49-48-17-10-13-20-55(48)66-56(49)30-39)29-50(51)47-25-23-46(36-54(47)64)65-45-16-14-15-43(35-45)62-37-63(53-19-12-11-18-52(53)62)44-32-41(59(4,5)6)31-42(33-44)60(7,8)9/h10-36H,37H2,1-9H3. The van der Waals surface area contributed by atoms with Crippen LogP contribution in [0.5, 0.6) is 11.5 Å². The van der Waals surface area contributed by atoms with Gasteiger partial charge in [-0.15, -0.1) is 11.3 Å². The summed E-state index contributed by atoms with van der Waals surface area (Å²) < 4.78 is 11.8. The largest absolute Gasteiger partial charge is 0.457 e. The quantitative estimate of drug-likeness (QED) is 0.167. The van der Waals surface area contributed by atoms with Crippen LogP contribution >= 0.6 is 11.3 Å². The lowest BCUT2D eigenvalue weighted by Gasteiger charge is -2.29. The molecule has 4 heterocycles. The number of anilines is 4. The second kappa shape index (κ2) is 15.4. The highest BCUT2D eigenvalue weighted by molar-refractivity contribution is 7.25. The minimum absolute atomic E-state index is 0.0175. The molecular weight excluding hydrogens is 825 g/mol. The Morgan fingerprint density at radius 3 is 1.83 bits per heavy atom. The molecule has 1 aliphatic rings. The van der Waals surface area contributed by atoms with Crippen LogP contribution in [0.3, 0.4) is 0 Å². The van der Waals surface area contributed by atoms with Crippen molar-refractivity contribution >= 4 is 76.1 Å². The molecule has 0 unspecified atom stereocenters. The second-order valence-corrected chi connectivity index (χ2v) is 22.1. The Morgan fingerprint density at radius 2 is 1.09 bits per heavy atom. The van der Waals surface area contributed by atoms with Crippen molar-refractivity contribution in [2.24, 2.45) is 0 Å². The third-order valence-electron chi connectivity index (χ3n) is 13.4. The molecule has 5 nitrogen and oxygen atoms in total. The van der Waals surface area contributed by atoms with Gasteiger partial charge in [0.1, 0.15) is 24.0 Å². The highest BCUT2D eigenvalue weighted by atomic mass is 32.1. The molecule has 0 amide bonds. The maximum absolute atomic E-state index is 6.84. The van der Waals surface area contributed by atoms with Crippen LogP contribution in [0.15, 0.2) is 164 Å². The predicted octanol–water partition coefficient (Wildman–Crippen LogP) is 17.1. The van der Waals surface area contributed by atoms with Crippen molar-refractivity contribution in [2.75, 3.05) is 16.5 Å². The van der Waals surface area contributed by atoms with Gasteiger partial charge in [0.15, 0.2) is 0 Å². The maximum atomic E-state index is 6.84. The summed E-state index contributed by atoms with van der Waals surface area (Å²) in [6.45, 7) is 21.3. The zero-order chi connectivity index (χ0) is 45.7. The minimum atomic E-state index is -0.0349. The average molecular weight is 881 g/mol. The van der Waals surface area contributed by atoms with Crippen LogP contribution in [0.2, 0.25) is 0 Å². The topological polar surface area (TPSA) is 33.5 Å². The van der Waals surface area contributed by atoms with E-state index in [-0.39, 0.29) is 16.2 Å². The number of benzene rings is 7. The molecule has 1 aliphatic heterocycles. The summed E-state index contributed by atoms with van der Waals surface area (Å²) in [6, 6.07) is 57.7. The molecule has 0 saturated carbocycles. The Balaban J connectivity index is 0.972. The molecule has 6 heteroatoms. The predicted molar refractivity (Wildman–Crippen MR) is 282 cm³/mol. The lowest BCUT2D eigenvalue weighted by Crippen LogP contribution is -2.25. The summed E-state index contributed by atoms with van der Waals surface area (Å²) >= 11 is 1.86. The number of hydrogen-bond donors (Lipinski definition) is 0. The van der Waals surface area contributed by atoms with E-state index in [0.29, 0.717) is 6.67 Å². The van der Waals surface area contributed by atoms with Gasteiger partial charge < -0.3 is 14.5 Å². The SMILES string of the molecule is CC(C)(C)c1cc(N2CN(c3cccc(Oc4ccc5c6cc(-c7ccc8c(c7)sc7ccccc78)ccc6n(-c6cc(C(C)(C)C)ccn6)c5c4)c3)c3ccccc32)cc(C(C)(C)C)c1. The number of para-hydroxylation sites is 2. The first-order chi connectivity index (χ1) is 31.6. The van der Waals surface area contributed by atoms with Gasteiger partial charge in [-0.25, -0.2) is 4.98 Å². The van der Waals surface area contributed by atoms with Gasteiger partial charge in [-0.3, -0.25) is 4.57 Å². The summed E-state index contributed by atoms with van der Waals surface area (Å²) in [6.07, 6.45) is 1.94. The minimum Gasteiger partial charge on any atom is -0.457 e. The first-order valence-electron chi connectivity index (χ1n) is 23.1. The number of pyridine rings is 1. The number of aromatic nitrogens is 2. The lowest BCUT2D eigenvalue weighted by atomic mass is 9.80. The number of fused-ring (bicyclic) bond motifs is 7. The van der Waals surface area contributed by atoms with Gasteiger partial charge >= 0.3 is 0 Å². The van der Waals surface area contributed by atoms with Crippen LogP contribution in [-0.2, 0) is 16.2 Å². The molecule has 0 radical (unpaired) electrons. The van der Waals surface area contributed by atoms with Crippen LogP contribution in [0.4, 0.5) is 22.7 Å². The number of hydrogen-bond acceptors (Lipinski definition) is 5. The van der Waals surface area contributed by atoms with Gasteiger partial charge in [0.2, 0.25) is 0 Å². The van der Waals surface area contributed by atoms with Crippen LogP contribution in [0.1, 0.15) is 79.0 Å². The van der Waals surface area contributed by atoms with Gasteiger partial charge in [0, 0.05) is 60.6 Å². The van der Waals surface area contributed by atoms with Crippen LogP contribution < -0.4 is 14.5 Å². The van der Waals surface area contributed by atoms with E-state index < -0.39 is 0 Å². The van der Waals surface area contributed by atoms with E-state index in [9.17, 15) is 0 Å². The molecule has 0 N–H and O–H groups in total. The third-order valence-corrected chi connectivity index (χ3v) is 14.5. The van der Waals surface area contributed by atoms with E-state index in [0.717, 1.165) is 39.4 Å². The smallest absolute Gasteiger partial charge is 0.137 e. The molecule has 10 aromatic rings. The Labute approximate surface area is 392 Å². The average Bonchev–Trinajstić information content (AvgIpc) is 3.97. The van der Waals surface area contributed by atoms with Crippen molar-refractivity contribution in [3.8, 4) is 28.4 Å². The fourth-order valence-electron chi connectivity index (χ4n) is 9.54. The molecule has 0 saturated heterocycles. The van der Waals surface area contributed by atoms with Crippen molar-refractivity contribution < 1.29 is 4.74 Å². The summed E-state index contributed by atoms with van der Waals surface area (Å²) in [4.78, 5) is 9.85. The van der Waals surface area contributed by atoms with Crippen molar-refractivity contribution in [3.05, 3.63) is 181 Å². The summed E-state index contributed by atoms with van der Waals surface area (Å²) in [5.41, 5.74) is 13.1. The molecule has 0 bridgehead atoms. The van der Waals surface area contributed by atoms with Crippen molar-refractivity contribution in [1.29, 1.82) is 0 Å². The third kappa shape index (κ3) is 7.38. The molecule has 3 aromatic heterocycles. The Bertz CT molecular complexity index is 3490. The molecule has 328 valence electrons. The first kappa shape index (κ1) is 41.8. The highest BCUT2D eigenvalue weighted by Gasteiger charge is 2.30. The van der Waals surface area contributed by atoms with E-state index in [2.05, 4.69) is 234 Å². The monoisotopic (exact) mass is 880 g/mol. The number of thiophene rings is 1. The van der Waals surface area contributed by atoms with Gasteiger partial charge in [-0.05, 0) is 129 Å². The summed E-state index contributed by atoms with van der Waals surface area (Å²) in [7, 11) is 0. The molecule has 7 aromatic carbocycles. The van der Waals surface area contributed by atoms with Crippen molar-refractivity contribution in [2.45, 2.75) is 78.6 Å². The zero-order valence-corrected chi connectivity index (χ0v) is 40.2. The van der Waals surface area contributed by atoms with E-state index in [1.165, 1.54) is 70.4 Å². The Kier molecular flexibility index (Phi) is 9.72. The molecule has 0 fully saturated rings. The maximum Gasteiger partial charge on any atom is 0.137 e.